The normalized spacial score (nSPS) is 10.0. The van der Waals surface area contributed by atoms with Gasteiger partial charge in [0.15, 0.2) is 0 Å². The number of hydrogen-bond donors (Lipinski definition) is 2. The van der Waals surface area contributed by atoms with E-state index >= 15 is 0 Å². The summed E-state index contributed by atoms with van der Waals surface area (Å²) in [7, 11) is 1.62. The summed E-state index contributed by atoms with van der Waals surface area (Å²) < 4.78 is 10.2. The van der Waals surface area contributed by atoms with Crippen molar-refractivity contribution in [2.45, 2.75) is 6.61 Å². The molecule has 0 bridgehead atoms. The third-order valence-electron chi connectivity index (χ3n) is 1.70. The third-order valence-corrected chi connectivity index (χ3v) is 1.88. The van der Waals surface area contributed by atoms with Crippen LogP contribution in [-0.2, 0) is 11.3 Å². The van der Waals surface area contributed by atoms with Gasteiger partial charge in [0.2, 0.25) is 0 Å². The van der Waals surface area contributed by atoms with Crippen molar-refractivity contribution in [3.8, 4) is 5.75 Å². The molecule has 1 aromatic rings. The number of rotatable bonds is 4. The largest absolute Gasteiger partial charge is 0.497 e. The maximum atomic E-state index is 5.72. The minimum atomic E-state index is 0.386. The SMILES string of the molecule is COc1ccc(N)c(COCS)c1. The molecule has 0 saturated carbocycles. The Labute approximate surface area is 83.2 Å². The minimum absolute atomic E-state index is 0.386. The molecule has 0 unspecified atom stereocenters. The first-order valence-electron chi connectivity index (χ1n) is 3.89. The van der Waals surface area contributed by atoms with Gasteiger partial charge < -0.3 is 15.2 Å². The van der Waals surface area contributed by atoms with Gasteiger partial charge in [-0.05, 0) is 18.2 Å². The Bertz CT molecular complexity index is 278. The van der Waals surface area contributed by atoms with Crippen LogP contribution in [0, 0.1) is 0 Å². The Kier molecular flexibility index (Phi) is 3.92. The molecule has 72 valence electrons. The highest BCUT2D eigenvalue weighted by atomic mass is 32.1. The summed E-state index contributed by atoms with van der Waals surface area (Å²) in [5.41, 5.74) is 7.36. The molecule has 0 atom stereocenters. The Morgan fingerprint density at radius 3 is 2.85 bits per heavy atom. The van der Waals surface area contributed by atoms with Crippen LogP contribution in [0.15, 0.2) is 18.2 Å². The Morgan fingerprint density at radius 2 is 2.23 bits per heavy atom. The van der Waals surface area contributed by atoms with Crippen molar-refractivity contribution < 1.29 is 9.47 Å². The minimum Gasteiger partial charge on any atom is -0.497 e. The van der Waals surface area contributed by atoms with Crippen molar-refractivity contribution in [1.82, 2.24) is 0 Å². The predicted molar refractivity (Wildman–Crippen MR) is 56.0 cm³/mol. The standard InChI is InChI=1S/C9H13NO2S/c1-11-8-2-3-9(10)7(4-8)5-12-6-13/h2-4,13H,5-6,10H2,1H3. The number of anilines is 1. The maximum Gasteiger partial charge on any atom is 0.119 e. The smallest absolute Gasteiger partial charge is 0.119 e. The lowest BCUT2D eigenvalue weighted by atomic mass is 10.2. The topological polar surface area (TPSA) is 44.5 Å². The van der Waals surface area contributed by atoms with Gasteiger partial charge in [-0.15, -0.1) is 0 Å². The Hall–Kier alpha value is -0.870. The summed E-state index contributed by atoms with van der Waals surface area (Å²) in [6, 6.07) is 5.48. The van der Waals surface area contributed by atoms with Crippen LogP contribution in [0.4, 0.5) is 5.69 Å². The highest BCUT2D eigenvalue weighted by Gasteiger charge is 2.00. The Balaban J connectivity index is 2.78. The summed E-state index contributed by atoms with van der Waals surface area (Å²) >= 11 is 3.94. The van der Waals surface area contributed by atoms with E-state index in [9.17, 15) is 0 Å². The number of ether oxygens (including phenoxy) is 2. The van der Waals surface area contributed by atoms with Crippen molar-refractivity contribution >= 4 is 18.3 Å². The van der Waals surface area contributed by atoms with Crippen molar-refractivity contribution in [2.75, 3.05) is 18.8 Å². The zero-order valence-corrected chi connectivity index (χ0v) is 8.38. The lowest BCUT2D eigenvalue weighted by Gasteiger charge is -2.07. The van der Waals surface area contributed by atoms with E-state index in [4.69, 9.17) is 15.2 Å². The van der Waals surface area contributed by atoms with E-state index in [2.05, 4.69) is 12.6 Å². The summed E-state index contributed by atoms with van der Waals surface area (Å²) in [4.78, 5) is 0. The number of nitrogens with two attached hydrogens (primary N) is 1. The second kappa shape index (κ2) is 4.99. The summed E-state index contributed by atoms with van der Waals surface area (Å²) in [6.45, 7) is 0.465. The van der Waals surface area contributed by atoms with Gasteiger partial charge in [-0.2, -0.15) is 12.6 Å². The molecule has 0 heterocycles. The zero-order chi connectivity index (χ0) is 9.68. The van der Waals surface area contributed by atoms with E-state index < -0.39 is 0 Å². The average Bonchev–Trinajstić information content (AvgIpc) is 2.17. The van der Waals surface area contributed by atoms with Crippen LogP contribution in [-0.4, -0.2) is 13.0 Å². The number of benzene rings is 1. The molecule has 0 amide bonds. The van der Waals surface area contributed by atoms with E-state index in [1.165, 1.54) is 0 Å². The summed E-state index contributed by atoms with van der Waals surface area (Å²) in [6.07, 6.45) is 0. The van der Waals surface area contributed by atoms with Gasteiger partial charge in [-0.3, -0.25) is 0 Å². The number of thiol groups is 1. The van der Waals surface area contributed by atoms with Gasteiger partial charge in [0.25, 0.3) is 0 Å². The molecule has 0 aliphatic carbocycles. The molecule has 0 aliphatic heterocycles. The molecule has 0 spiro atoms. The maximum absolute atomic E-state index is 5.72. The van der Waals surface area contributed by atoms with Gasteiger partial charge in [0.1, 0.15) is 5.75 Å². The molecular formula is C9H13NO2S. The average molecular weight is 199 g/mol. The molecule has 13 heavy (non-hydrogen) atoms. The van der Waals surface area contributed by atoms with E-state index in [0.29, 0.717) is 18.2 Å². The molecule has 4 heteroatoms. The first-order chi connectivity index (χ1) is 6.27. The van der Waals surface area contributed by atoms with E-state index in [1.54, 1.807) is 13.2 Å². The highest BCUT2D eigenvalue weighted by molar-refractivity contribution is 7.80. The number of nitrogen functional groups attached to an aromatic ring is 1. The van der Waals surface area contributed by atoms with Crippen LogP contribution in [0.2, 0.25) is 0 Å². The van der Waals surface area contributed by atoms with E-state index in [0.717, 1.165) is 11.3 Å². The molecule has 0 aromatic heterocycles. The van der Waals surface area contributed by atoms with Crippen LogP contribution >= 0.6 is 12.6 Å². The fourth-order valence-electron chi connectivity index (χ4n) is 0.990. The molecule has 1 aromatic carbocycles. The molecule has 0 radical (unpaired) electrons. The van der Waals surface area contributed by atoms with Gasteiger partial charge in [-0.25, -0.2) is 0 Å². The lowest BCUT2D eigenvalue weighted by molar-refractivity contribution is 0.170. The quantitative estimate of drug-likeness (QED) is 0.440. The summed E-state index contributed by atoms with van der Waals surface area (Å²) in [5, 5.41) is 0. The van der Waals surface area contributed by atoms with Crippen LogP contribution in [0.3, 0.4) is 0 Å². The van der Waals surface area contributed by atoms with Crippen molar-refractivity contribution in [2.24, 2.45) is 0 Å². The molecule has 0 fully saturated rings. The first kappa shape index (κ1) is 10.2. The highest BCUT2D eigenvalue weighted by Crippen LogP contribution is 2.20. The predicted octanol–water partition coefficient (Wildman–Crippen LogP) is 1.68. The number of methoxy groups -OCH3 is 1. The zero-order valence-electron chi connectivity index (χ0n) is 7.49. The van der Waals surface area contributed by atoms with E-state index in [1.807, 2.05) is 12.1 Å². The number of hydrogen-bond acceptors (Lipinski definition) is 4. The third kappa shape index (κ3) is 2.82. The van der Waals surface area contributed by atoms with Crippen LogP contribution in [0.5, 0.6) is 5.75 Å². The molecular weight excluding hydrogens is 186 g/mol. The Morgan fingerprint density at radius 1 is 1.46 bits per heavy atom. The van der Waals surface area contributed by atoms with Gasteiger partial charge in [0.05, 0.1) is 19.7 Å². The second-order valence-corrected chi connectivity index (χ2v) is 2.80. The van der Waals surface area contributed by atoms with Crippen molar-refractivity contribution in [1.29, 1.82) is 0 Å². The van der Waals surface area contributed by atoms with Gasteiger partial charge in [-0.1, -0.05) is 0 Å². The van der Waals surface area contributed by atoms with Crippen molar-refractivity contribution in [3.63, 3.8) is 0 Å². The summed E-state index contributed by atoms with van der Waals surface area (Å²) in [5.74, 6) is 1.17. The van der Waals surface area contributed by atoms with Crippen LogP contribution in [0.1, 0.15) is 5.56 Å². The molecule has 0 saturated heterocycles. The molecule has 0 aliphatic rings. The van der Waals surface area contributed by atoms with Crippen LogP contribution in [0.25, 0.3) is 0 Å². The molecule has 3 nitrogen and oxygen atoms in total. The monoisotopic (exact) mass is 199 g/mol. The van der Waals surface area contributed by atoms with Crippen LogP contribution < -0.4 is 10.5 Å². The van der Waals surface area contributed by atoms with E-state index in [-0.39, 0.29) is 0 Å². The van der Waals surface area contributed by atoms with Crippen molar-refractivity contribution in [3.05, 3.63) is 23.8 Å². The molecule has 2 N–H and O–H groups in total. The first-order valence-corrected chi connectivity index (χ1v) is 4.52. The van der Waals surface area contributed by atoms with Gasteiger partial charge >= 0.3 is 0 Å². The molecule has 1 rings (SSSR count). The lowest BCUT2D eigenvalue weighted by Crippen LogP contribution is -1.97. The second-order valence-electron chi connectivity index (χ2n) is 2.54. The fraction of sp³-hybridized carbons (Fsp3) is 0.333. The fourth-order valence-corrected chi connectivity index (χ4v) is 1.08. The van der Waals surface area contributed by atoms with Gasteiger partial charge in [0, 0.05) is 11.3 Å².